The zero-order chi connectivity index (χ0) is 15.2. The molecular weight excluding hydrogens is 346 g/mol. The second kappa shape index (κ2) is 8.03. The summed E-state index contributed by atoms with van der Waals surface area (Å²) in [7, 11) is 0. The average Bonchev–Trinajstić information content (AvgIpc) is 2.84. The summed E-state index contributed by atoms with van der Waals surface area (Å²) in [6.07, 6.45) is 0. The number of hydrogen-bond acceptors (Lipinski definition) is 6. The number of carbonyl (C=O) groups excluding carboxylic acids is 1. The molecule has 1 aromatic heterocycles. The van der Waals surface area contributed by atoms with Gasteiger partial charge in [-0.25, -0.2) is 0 Å². The Balaban J connectivity index is 1.81. The normalized spacial score (nSPS) is 10.9. The van der Waals surface area contributed by atoms with Crippen molar-refractivity contribution in [2.24, 2.45) is 0 Å². The number of rotatable bonds is 6. The van der Waals surface area contributed by atoms with Crippen LogP contribution in [0.4, 0.5) is 5.13 Å². The molecule has 1 amide bonds. The molecule has 0 aliphatic rings. The predicted octanol–water partition coefficient (Wildman–Crippen LogP) is 4.42. The van der Waals surface area contributed by atoms with Crippen LogP contribution in [0.1, 0.15) is 13.8 Å². The first-order valence-electron chi connectivity index (χ1n) is 6.21. The Morgan fingerprint density at radius 3 is 2.71 bits per heavy atom. The molecule has 0 saturated carbocycles. The Labute approximate surface area is 141 Å². The van der Waals surface area contributed by atoms with Gasteiger partial charge in [0.25, 0.3) is 0 Å². The Morgan fingerprint density at radius 1 is 1.33 bits per heavy atom. The quantitative estimate of drug-likeness (QED) is 0.611. The molecule has 2 aromatic rings. The van der Waals surface area contributed by atoms with Gasteiger partial charge in [0.1, 0.15) is 0 Å². The van der Waals surface area contributed by atoms with Crippen molar-refractivity contribution in [2.75, 3.05) is 11.1 Å². The fraction of sp³-hybridized carbons (Fsp3) is 0.308. The maximum absolute atomic E-state index is 11.9. The number of nitrogens with zero attached hydrogens (tertiary/aromatic N) is 2. The molecule has 21 heavy (non-hydrogen) atoms. The molecule has 2 rings (SSSR count). The highest BCUT2D eigenvalue weighted by Gasteiger charge is 2.10. The lowest BCUT2D eigenvalue weighted by Gasteiger charge is -2.02. The highest BCUT2D eigenvalue weighted by Crippen LogP contribution is 2.28. The minimum Gasteiger partial charge on any atom is -0.300 e. The van der Waals surface area contributed by atoms with Gasteiger partial charge in [0.05, 0.1) is 5.75 Å². The second-order valence-electron chi connectivity index (χ2n) is 4.33. The molecule has 8 heteroatoms. The molecule has 0 aliphatic carbocycles. The zero-order valence-electron chi connectivity index (χ0n) is 11.5. The fourth-order valence-electron chi connectivity index (χ4n) is 1.34. The van der Waals surface area contributed by atoms with Crippen molar-refractivity contribution in [3.63, 3.8) is 0 Å². The predicted molar refractivity (Wildman–Crippen MR) is 91.7 cm³/mol. The Kier molecular flexibility index (Phi) is 6.35. The SMILES string of the molecule is CC(C)Sc1nnc(NC(=O)CSc2ccc(Cl)cc2)s1. The van der Waals surface area contributed by atoms with Gasteiger partial charge in [-0.15, -0.1) is 22.0 Å². The number of aromatic nitrogens is 2. The number of hydrogen-bond donors (Lipinski definition) is 1. The van der Waals surface area contributed by atoms with Crippen LogP contribution in [0.2, 0.25) is 5.02 Å². The molecule has 0 fully saturated rings. The van der Waals surface area contributed by atoms with E-state index in [-0.39, 0.29) is 5.91 Å². The monoisotopic (exact) mass is 359 g/mol. The van der Waals surface area contributed by atoms with Crippen molar-refractivity contribution in [3.05, 3.63) is 29.3 Å². The molecular formula is C13H14ClN3OS3. The minimum absolute atomic E-state index is 0.0906. The van der Waals surface area contributed by atoms with E-state index in [1.165, 1.54) is 23.1 Å². The topological polar surface area (TPSA) is 54.9 Å². The molecule has 0 spiro atoms. The Hall–Kier alpha value is -0.760. The summed E-state index contributed by atoms with van der Waals surface area (Å²) in [5.74, 6) is 0.237. The molecule has 1 N–H and O–H groups in total. The highest BCUT2D eigenvalue weighted by molar-refractivity contribution is 8.01. The molecule has 0 radical (unpaired) electrons. The number of anilines is 1. The van der Waals surface area contributed by atoms with Gasteiger partial charge in [0.15, 0.2) is 4.34 Å². The molecule has 112 valence electrons. The van der Waals surface area contributed by atoms with Crippen LogP contribution in [0.25, 0.3) is 0 Å². The summed E-state index contributed by atoms with van der Waals surface area (Å²) in [6.45, 7) is 4.18. The van der Waals surface area contributed by atoms with E-state index in [0.29, 0.717) is 21.2 Å². The third-order valence-corrected chi connectivity index (χ3v) is 5.36. The summed E-state index contributed by atoms with van der Waals surface area (Å²) in [4.78, 5) is 12.9. The van der Waals surface area contributed by atoms with E-state index in [4.69, 9.17) is 11.6 Å². The molecule has 1 heterocycles. The van der Waals surface area contributed by atoms with Crippen LogP contribution in [0.5, 0.6) is 0 Å². The highest BCUT2D eigenvalue weighted by atomic mass is 35.5. The maximum atomic E-state index is 11.9. The van der Waals surface area contributed by atoms with E-state index < -0.39 is 0 Å². The van der Waals surface area contributed by atoms with Crippen molar-refractivity contribution < 1.29 is 4.79 Å². The standard InChI is InChI=1S/C13H14ClN3OS3/c1-8(2)20-13-17-16-12(21-13)15-11(18)7-19-10-5-3-9(14)4-6-10/h3-6,8H,7H2,1-2H3,(H,15,16,18). The van der Waals surface area contributed by atoms with Crippen LogP contribution in [-0.4, -0.2) is 27.1 Å². The first-order valence-corrected chi connectivity index (χ1v) is 9.27. The zero-order valence-corrected chi connectivity index (χ0v) is 14.7. The van der Waals surface area contributed by atoms with Gasteiger partial charge in [-0.1, -0.05) is 48.5 Å². The van der Waals surface area contributed by atoms with Gasteiger partial charge in [0.2, 0.25) is 11.0 Å². The lowest BCUT2D eigenvalue weighted by atomic mass is 10.4. The van der Waals surface area contributed by atoms with Crippen LogP contribution < -0.4 is 5.32 Å². The van der Waals surface area contributed by atoms with Crippen LogP contribution in [0.3, 0.4) is 0 Å². The van der Waals surface area contributed by atoms with E-state index in [0.717, 1.165) is 9.24 Å². The van der Waals surface area contributed by atoms with Crippen molar-refractivity contribution >= 4 is 57.5 Å². The molecule has 0 aliphatic heterocycles. The van der Waals surface area contributed by atoms with Crippen LogP contribution in [0, 0.1) is 0 Å². The molecule has 0 unspecified atom stereocenters. The van der Waals surface area contributed by atoms with E-state index >= 15 is 0 Å². The third-order valence-electron chi connectivity index (χ3n) is 2.17. The summed E-state index contributed by atoms with van der Waals surface area (Å²) in [6, 6.07) is 7.40. The maximum Gasteiger partial charge on any atom is 0.236 e. The van der Waals surface area contributed by atoms with Gasteiger partial charge in [-0.2, -0.15) is 0 Å². The largest absolute Gasteiger partial charge is 0.300 e. The second-order valence-corrected chi connectivity index (χ2v) is 8.62. The summed E-state index contributed by atoms with van der Waals surface area (Å²) in [5.41, 5.74) is 0. The molecule has 1 aromatic carbocycles. The summed E-state index contributed by atoms with van der Waals surface area (Å²) < 4.78 is 0.866. The Morgan fingerprint density at radius 2 is 2.05 bits per heavy atom. The van der Waals surface area contributed by atoms with Crippen molar-refractivity contribution in [1.29, 1.82) is 0 Å². The molecule has 0 saturated heterocycles. The lowest BCUT2D eigenvalue weighted by molar-refractivity contribution is -0.113. The van der Waals surface area contributed by atoms with E-state index in [1.807, 2.05) is 24.3 Å². The number of benzene rings is 1. The van der Waals surface area contributed by atoms with E-state index in [2.05, 4.69) is 29.4 Å². The number of nitrogens with one attached hydrogen (secondary N) is 1. The van der Waals surface area contributed by atoms with E-state index in [1.54, 1.807) is 11.8 Å². The first kappa shape index (κ1) is 16.6. The first-order chi connectivity index (χ1) is 10.0. The number of halogens is 1. The van der Waals surface area contributed by atoms with Gasteiger partial charge in [-0.3, -0.25) is 10.1 Å². The summed E-state index contributed by atoms with van der Waals surface area (Å²) >= 11 is 10.3. The van der Waals surface area contributed by atoms with E-state index in [9.17, 15) is 4.79 Å². The van der Waals surface area contributed by atoms with Gasteiger partial charge in [0, 0.05) is 15.2 Å². The number of carbonyl (C=O) groups is 1. The van der Waals surface area contributed by atoms with Crippen molar-refractivity contribution in [3.8, 4) is 0 Å². The van der Waals surface area contributed by atoms with Gasteiger partial charge in [-0.05, 0) is 24.3 Å². The molecule has 0 atom stereocenters. The lowest BCUT2D eigenvalue weighted by Crippen LogP contribution is -2.13. The van der Waals surface area contributed by atoms with Gasteiger partial charge >= 0.3 is 0 Å². The summed E-state index contributed by atoms with van der Waals surface area (Å²) in [5, 5.41) is 12.4. The minimum atomic E-state index is -0.0906. The third kappa shape index (κ3) is 5.86. The number of thioether (sulfide) groups is 2. The molecule has 4 nitrogen and oxygen atoms in total. The Bertz CT molecular complexity index is 601. The van der Waals surface area contributed by atoms with Gasteiger partial charge < -0.3 is 0 Å². The average molecular weight is 360 g/mol. The van der Waals surface area contributed by atoms with Crippen molar-refractivity contribution in [2.45, 2.75) is 28.3 Å². The number of amides is 1. The molecule has 0 bridgehead atoms. The van der Waals surface area contributed by atoms with Crippen molar-refractivity contribution in [1.82, 2.24) is 10.2 Å². The smallest absolute Gasteiger partial charge is 0.236 e. The fourth-order valence-corrected chi connectivity index (χ4v) is 4.16. The van der Waals surface area contributed by atoms with Crippen LogP contribution >= 0.6 is 46.5 Å². The van der Waals surface area contributed by atoms with Crippen LogP contribution in [0.15, 0.2) is 33.5 Å². The van der Waals surface area contributed by atoms with Crippen LogP contribution in [-0.2, 0) is 4.79 Å².